The molecule has 5 nitrogen and oxygen atoms in total. The Morgan fingerprint density at radius 3 is 2.74 bits per heavy atom. The van der Waals surface area contributed by atoms with Gasteiger partial charge in [0.05, 0.1) is 12.1 Å². The normalized spacial score (nSPS) is 14.1. The fraction of sp³-hybridized carbons (Fsp3) is 0.286. The molecular formula is C14H15N3O2. The largest absolute Gasteiger partial charge is 0.328 e. The fourth-order valence-corrected chi connectivity index (χ4v) is 2.39. The molecule has 0 saturated carbocycles. The van der Waals surface area contributed by atoms with E-state index in [1.54, 1.807) is 0 Å². The summed E-state index contributed by atoms with van der Waals surface area (Å²) >= 11 is 0. The maximum Gasteiger partial charge on any atom is 0.328 e. The Balaban J connectivity index is 2.07. The summed E-state index contributed by atoms with van der Waals surface area (Å²) in [5, 5.41) is 3.16. The van der Waals surface area contributed by atoms with Crippen LogP contribution in [0.4, 0.5) is 0 Å². The van der Waals surface area contributed by atoms with Crippen LogP contribution >= 0.6 is 0 Å². The molecule has 19 heavy (non-hydrogen) atoms. The first-order valence-corrected chi connectivity index (χ1v) is 6.35. The zero-order valence-electron chi connectivity index (χ0n) is 10.5. The monoisotopic (exact) mass is 257 g/mol. The Morgan fingerprint density at radius 1 is 1.16 bits per heavy atom. The number of hydrogen-bond donors (Lipinski definition) is 2. The maximum atomic E-state index is 12.3. The highest BCUT2D eigenvalue weighted by Crippen LogP contribution is 2.05. The number of fused-ring (bicyclic) bond motifs is 1. The van der Waals surface area contributed by atoms with Gasteiger partial charge in [0.2, 0.25) is 0 Å². The second-order valence-corrected chi connectivity index (χ2v) is 4.69. The van der Waals surface area contributed by atoms with E-state index in [2.05, 4.69) is 10.3 Å². The molecule has 0 bridgehead atoms. The molecule has 1 aliphatic rings. The number of rotatable bonds is 2. The van der Waals surface area contributed by atoms with Crippen LogP contribution in [0.15, 0.2) is 39.9 Å². The molecule has 1 aromatic heterocycles. The van der Waals surface area contributed by atoms with E-state index in [4.69, 9.17) is 0 Å². The first-order valence-electron chi connectivity index (χ1n) is 6.35. The Bertz CT molecular complexity index is 701. The number of hydrogen-bond acceptors (Lipinski definition) is 3. The van der Waals surface area contributed by atoms with Gasteiger partial charge in [-0.3, -0.25) is 9.36 Å². The highest BCUT2D eigenvalue weighted by atomic mass is 16.2. The predicted molar refractivity (Wildman–Crippen MR) is 72.3 cm³/mol. The van der Waals surface area contributed by atoms with Crippen molar-refractivity contribution in [3.63, 3.8) is 0 Å². The highest BCUT2D eigenvalue weighted by Gasteiger charge is 2.16. The predicted octanol–water partition coefficient (Wildman–Crippen LogP) is 0.231. The molecule has 2 N–H and O–H groups in total. The first kappa shape index (κ1) is 11.9. The van der Waals surface area contributed by atoms with Gasteiger partial charge in [-0.15, -0.1) is 0 Å². The lowest BCUT2D eigenvalue weighted by Crippen LogP contribution is -2.42. The van der Waals surface area contributed by atoms with Crippen LogP contribution in [0, 0.1) is 0 Å². The third kappa shape index (κ3) is 2.24. The van der Waals surface area contributed by atoms with Gasteiger partial charge in [0.15, 0.2) is 0 Å². The summed E-state index contributed by atoms with van der Waals surface area (Å²) in [6, 6.07) is 9.52. The van der Waals surface area contributed by atoms with Crippen molar-refractivity contribution in [3.05, 3.63) is 68.0 Å². The van der Waals surface area contributed by atoms with Gasteiger partial charge in [-0.1, -0.05) is 30.3 Å². The quantitative estimate of drug-likeness (QED) is 0.809. The Labute approximate surface area is 109 Å². The average Bonchev–Trinajstić information content (AvgIpc) is 2.45. The van der Waals surface area contributed by atoms with Gasteiger partial charge in [-0.2, -0.15) is 0 Å². The molecule has 1 aliphatic heterocycles. The molecular weight excluding hydrogens is 242 g/mol. The van der Waals surface area contributed by atoms with E-state index in [1.165, 1.54) is 4.57 Å². The first-order chi connectivity index (χ1) is 9.25. The Morgan fingerprint density at radius 2 is 1.95 bits per heavy atom. The summed E-state index contributed by atoms with van der Waals surface area (Å²) in [6.45, 7) is 1.63. The van der Waals surface area contributed by atoms with Gasteiger partial charge in [-0.05, 0) is 5.56 Å². The third-order valence-corrected chi connectivity index (χ3v) is 3.41. The number of nitrogens with zero attached hydrogens (tertiary/aromatic N) is 1. The summed E-state index contributed by atoms with van der Waals surface area (Å²) < 4.78 is 1.27. The van der Waals surface area contributed by atoms with Crippen molar-refractivity contribution >= 4 is 0 Å². The van der Waals surface area contributed by atoms with E-state index < -0.39 is 0 Å². The van der Waals surface area contributed by atoms with E-state index in [9.17, 15) is 9.59 Å². The van der Waals surface area contributed by atoms with Crippen LogP contribution < -0.4 is 16.6 Å². The average molecular weight is 257 g/mol. The van der Waals surface area contributed by atoms with Crippen LogP contribution in [-0.2, 0) is 19.5 Å². The molecule has 0 atom stereocenters. The topological polar surface area (TPSA) is 66.9 Å². The minimum Gasteiger partial charge on any atom is -0.312 e. The lowest BCUT2D eigenvalue weighted by Gasteiger charge is -2.17. The third-order valence-electron chi connectivity index (χ3n) is 3.41. The minimum absolute atomic E-state index is 0.185. The van der Waals surface area contributed by atoms with Gasteiger partial charge in [0.25, 0.3) is 5.56 Å². The summed E-state index contributed by atoms with van der Waals surface area (Å²) in [4.78, 5) is 27.2. The van der Waals surface area contributed by atoms with Crippen molar-refractivity contribution < 1.29 is 0 Å². The molecule has 0 spiro atoms. The van der Waals surface area contributed by atoms with Crippen LogP contribution in [0.5, 0.6) is 0 Å². The zero-order valence-corrected chi connectivity index (χ0v) is 10.5. The number of benzene rings is 1. The van der Waals surface area contributed by atoms with Crippen LogP contribution in [-0.4, -0.2) is 16.1 Å². The zero-order chi connectivity index (χ0) is 13.2. The van der Waals surface area contributed by atoms with Crippen LogP contribution in [0.3, 0.4) is 0 Å². The molecule has 5 heteroatoms. The molecule has 0 unspecified atom stereocenters. The van der Waals surface area contributed by atoms with Crippen molar-refractivity contribution in [1.29, 1.82) is 0 Å². The van der Waals surface area contributed by atoms with Gasteiger partial charge in [0, 0.05) is 25.2 Å². The standard InChI is InChI=1S/C14H15N3O2/c18-13-11-8-15-7-6-12(11)16-14(19)17(13)9-10-4-2-1-3-5-10/h1-5,15H,6-9H2,(H,16,19). The van der Waals surface area contributed by atoms with Crippen molar-refractivity contribution in [2.75, 3.05) is 6.54 Å². The van der Waals surface area contributed by atoms with Crippen LogP contribution in [0.1, 0.15) is 16.8 Å². The molecule has 0 amide bonds. The molecule has 0 fully saturated rings. The minimum atomic E-state index is -0.325. The molecule has 0 radical (unpaired) electrons. The Kier molecular flexibility index (Phi) is 3.05. The van der Waals surface area contributed by atoms with Crippen molar-refractivity contribution in [2.45, 2.75) is 19.5 Å². The van der Waals surface area contributed by atoms with E-state index >= 15 is 0 Å². The molecule has 0 aliphatic carbocycles. The van der Waals surface area contributed by atoms with E-state index in [-0.39, 0.29) is 11.2 Å². The number of nitrogens with one attached hydrogen (secondary N) is 2. The lowest BCUT2D eigenvalue weighted by atomic mass is 10.1. The van der Waals surface area contributed by atoms with E-state index in [0.717, 1.165) is 17.8 Å². The lowest BCUT2D eigenvalue weighted by molar-refractivity contribution is 0.585. The number of aromatic nitrogens is 2. The molecule has 1 aromatic carbocycles. The summed E-state index contributed by atoms with van der Waals surface area (Å²) in [6.07, 6.45) is 0.700. The Hall–Kier alpha value is -2.14. The van der Waals surface area contributed by atoms with Gasteiger partial charge in [0.1, 0.15) is 0 Å². The van der Waals surface area contributed by atoms with Gasteiger partial charge < -0.3 is 10.3 Å². The number of aromatic amines is 1. The summed E-state index contributed by atoms with van der Waals surface area (Å²) in [5.41, 5.74) is 1.89. The van der Waals surface area contributed by atoms with Gasteiger partial charge >= 0.3 is 5.69 Å². The second kappa shape index (κ2) is 4.85. The summed E-state index contributed by atoms with van der Waals surface area (Å²) in [5.74, 6) is 0. The highest BCUT2D eigenvalue weighted by molar-refractivity contribution is 5.21. The molecule has 2 heterocycles. The van der Waals surface area contributed by atoms with E-state index in [0.29, 0.717) is 25.1 Å². The second-order valence-electron chi connectivity index (χ2n) is 4.69. The molecule has 3 rings (SSSR count). The summed E-state index contributed by atoms with van der Waals surface area (Å²) in [7, 11) is 0. The van der Waals surface area contributed by atoms with Crippen molar-refractivity contribution in [3.8, 4) is 0 Å². The molecule has 2 aromatic rings. The fourth-order valence-electron chi connectivity index (χ4n) is 2.39. The number of H-pyrrole nitrogens is 1. The maximum absolute atomic E-state index is 12.3. The van der Waals surface area contributed by atoms with E-state index in [1.807, 2.05) is 30.3 Å². The smallest absolute Gasteiger partial charge is 0.312 e. The molecule has 98 valence electrons. The van der Waals surface area contributed by atoms with Crippen molar-refractivity contribution in [2.24, 2.45) is 0 Å². The van der Waals surface area contributed by atoms with Crippen LogP contribution in [0.2, 0.25) is 0 Å². The SMILES string of the molecule is O=c1[nH]c2c(c(=O)n1Cc1ccccc1)CNCC2. The van der Waals surface area contributed by atoms with Crippen LogP contribution in [0.25, 0.3) is 0 Å². The van der Waals surface area contributed by atoms with Crippen molar-refractivity contribution in [1.82, 2.24) is 14.9 Å². The molecule has 0 saturated heterocycles. The van der Waals surface area contributed by atoms with Gasteiger partial charge in [-0.25, -0.2) is 4.79 Å².